The summed E-state index contributed by atoms with van der Waals surface area (Å²) in [6.07, 6.45) is 1.38. The van der Waals surface area contributed by atoms with Crippen molar-refractivity contribution < 1.29 is 14.6 Å². The second-order valence-corrected chi connectivity index (χ2v) is 7.21. The Morgan fingerprint density at radius 2 is 1.43 bits per heavy atom. The number of hydrogen-bond donors (Lipinski definition) is 1. The van der Waals surface area contributed by atoms with E-state index >= 15 is 0 Å². The van der Waals surface area contributed by atoms with E-state index in [4.69, 9.17) is 4.74 Å². The van der Waals surface area contributed by atoms with Gasteiger partial charge in [0.2, 0.25) is 0 Å². The molecule has 154 valence electrons. The molecule has 0 aliphatic heterocycles. The van der Waals surface area contributed by atoms with Crippen molar-refractivity contribution in [3.63, 3.8) is 0 Å². The van der Waals surface area contributed by atoms with Crippen LogP contribution < -0.4 is 4.74 Å². The summed E-state index contributed by atoms with van der Waals surface area (Å²) in [5.74, 6) is -0.0476. The minimum atomic E-state index is -0.853. The first-order valence-electron chi connectivity index (χ1n) is 10.0. The maximum Gasteiger partial charge on any atom is 0.323 e. The number of carboxylic acids is 1. The molecule has 0 bridgehead atoms. The molecule has 30 heavy (non-hydrogen) atoms. The van der Waals surface area contributed by atoms with E-state index in [-0.39, 0.29) is 6.54 Å². The summed E-state index contributed by atoms with van der Waals surface area (Å²) in [7, 11) is 0. The molecule has 0 amide bonds. The first-order valence-corrected chi connectivity index (χ1v) is 10.0. The third-order valence-electron chi connectivity index (χ3n) is 4.87. The lowest BCUT2D eigenvalue weighted by molar-refractivity contribution is -0.137. The molecule has 0 saturated heterocycles. The molecular formula is C26H27NO3. The van der Waals surface area contributed by atoms with Crippen molar-refractivity contribution in [2.24, 2.45) is 0 Å². The maximum atomic E-state index is 11.3. The fraction of sp³-hybridized carbons (Fsp3) is 0.192. The van der Waals surface area contributed by atoms with Crippen LogP contribution in [0.4, 0.5) is 0 Å². The van der Waals surface area contributed by atoms with Crippen molar-refractivity contribution in [1.82, 2.24) is 4.90 Å². The lowest BCUT2D eigenvalue weighted by Crippen LogP contribution is -2.31. The molecule has 0 aliphatic rings. The summed E-state index contributed by atoms with van der Waals surface area (Å²) in [5.41, 5.74) is 4.17. The first-order chi connectivity index (χ1) is 14.6. The average Bonchev–Trinajstić information content (AvgIpc) is 2.77. The molecule has 0 aromatic heterocycles. The van der Waals surface area contributed by atoms with Crippen LogP contribution in [0.15, 0.2) is 97.2 Å². The van der Waals surface area contributed by atoms with Gasteiger partial charge in [0, 0.05) is 18.7 Å². The summed E-state index contributed by atoms with van der Waals surface area (Å²) < 4.78 is 5.83. The normalized spacial score (nSPS) is 10.4. The SMILES string of the molecule is C=C(Cc1ccc(OCc2ccccc2)cc1)N(CCc1ccccc1)CC(=O)O. The molecule has 3 aromatic carbocycles. The quantitative estimate of drug-likeness (QED) is 0.494. The van der Waals surface area contributed by atoms with Gasteiger partial charge in [0.05, 0.1) is 0 Å². The Kier molecular flexibility index (Phi) is 7.67. The van der Waals surface area contributed by atoms with Gasteiger partial charge < -0.3 is 14.7 Å². The summed E-state index contributed by atoms with van der Waals surface area (Å²) in [5, 5.41) is 9.29. The molecule has 3 rings (SSSR count). The van der Waals surface area contributed by atoms with E-state index in [1.54, 1.807) is 0 Å². The van der Waals surface area contributed by atoms with Crippen LogP contribution in [0.5, 0.6) is 5.75 Å². The van der Waals surface area contributed by atoms with E-state index in [1.165, 1.54) is 5.56 Å². The highest BCUT2D eigenvalue weighted by Gasteiger charge is 2.12. The predicted octanol–water partition coefficient (Wildman–Crippen LogP) is 4.95. The summed E-state index contributed by atoms with van der Waals surface area (Å²) in [6.45, 7) is 5.24. The molecule has 1 N–H and O–H groups in total. The molecule has 4 nitrogen and oxygen atoms in total. The maximum absolute atomic E-state index is 11.3. The van der Waals surface area contributed by atoms with E-state index < -0.39 is 5.97 Å². The number of ether oxygens (including phenoxy) is 1. The number of nitrogens with zero attached hydrogens (tertiary/aromatic N) is 1. The van der Waals surface area contributed by atoms with Crippen molar-refractivity contribution in [3.05, 3.63) is 114 Å². The van der Waals surface area contributed by atoms with Gasteiger partial charge in [-0.1, -0.05) is 79.4 Å². The zero-order chi connectivity index (χ0) is 21.2. The van der Waals surface area contributed by atoms with Gasteiger partial charge in [-0.25, -0.2) is 0 Å². The zero-order valence-corrected chi connectivity index (χ0v) is 17.0. The van der Waals surface area contributed by atoms with Gasteiger partial charge in [0.1, 0.15) is 18.9 Å². The van der Waals surface area contributed by atoms with E-state index in [1.807, 2.05) is 77.7 Å². The van der Waals surface area contributed by atoms with Crippen LogP contribution >= 0.6 is 0 Å². The summed E-state index contributed by atoms with van der Waals surface area (Å²) in [6, 6.07) is 28.0. The van der Waals surface area contributed by atoms with Gasteiger partial charge in [0.25, 0.3) is 0 Å². The molecule has 0 radical (unpaired) electrons. The van der Waals surface area contributed by atoms with Crippen molar-refractivity contribution in [1.29, 1.82) is 0 Å². The third-order valence-corrected chi connectivity index (χ3v) is 4.87. The Morgan fingerprint density at radius 1 is 0.833 bits per heavy atom. The Labute approximate surface area is 178 Å². The largest absolute Gasteiger partial charge is 0.489 e. The topological polar surface area (TPSA) is 49.8 Å². The van der Waals surface area contributed by atoms with Crippen LogP contribution in [0, 0.1) is 0 Å². The molecule has 0 heterocycles. The van der Waals surface area contributed by atoms with Gasteiger partial charge >= 0.3 is 5.97 Å². The van der Waals surface area contributed by atoms with Crippen LogP contribution in [0.1, 0.15) is 16.7 Å². The van der Waals surface area contributed by atoms with Crippen LogP contribution in [0.2, 0.25) is 0 Å². The Balaban J connectivity index is 1.55. The lowest BCUT2D eigenvalue weighted by Gasteiger charge is -2.25. The van der Waals surface area contributed by atoms with Crippen molar-refractivity contribution >= 4 is 5.97 Å². The lowest BCUT2D eigenvalue weighted by atomic mass is 10.1. The third kappa shape index (κ3) is 6.82. The average molecular weight is 402 g/mol. The summed E-state index contributed by atoms with van der Waals surface area (Å²) >= 11 is 0. The number of allylic oxidation sites excluding steroid dienone is 1. The second-order valence-electron chi connectivity index (χ2n) is 7.21. The molecule has 3 aromatic rings. The van der Waals surface area contributed by atoms with Gasteiger partial charge in [-0.15, -0.1) is 0 Å². The molecule has 0 fully saturated rings. The summed E-state index contributed by atoms with van der Waals surface area (Å²) in [4.78, 5) is 13.2. The van der Waals surface area contributed by atoms with Gasteiger partial charge in [-0.2, -0.15) is 0 Å². The van der Waals surface area contributed by atoms with Gasteiger partial charge in [0.15, 0.2) is 0 Å². The van der Waals surface area contributed by atoms with Crippen LogP contribution in [0.3, 0.4) is 0 Å². The van der Waals surface area contributed by atoms with Gasteiger partial charge in [-0.3, -0.25) is 4.79 Å². The Hall–Kier alpha value is -3.53. The zero-order valence-electron chi connectivity index (χ0n) is 17.0. The second kappa shape index (κ2) is 10.9. The number of carboxylic acid groups (broad SMARTS) is 1. The van der Waals surface area contributed by atoms with E-state index in [0.29, 0.717) is 19.6 Å². The standard InChI is InChI=1S/C26H27NO3/c1-21(27(19-26(28)29)17-16-22-8-4-2-5-9-22)18-23-12-14-25(15-13-23)30-20-24-10-6-3-7-11-24/h2-15H,1,16-20H2,(H,28,29). The molecule has 0 saturated carbocycles. The molecule has 4 heteroatoms. The van der Waals surface area contributed by atoms with Crippen LogP contribution in [-0.4, -0.2) is 29.1 Å². The van der Waals surface area contributed by atoms with Crippen molar-refractivity contribution in [2.75, 3.05) is 13.1 Å². The van der Waals surface area contributed by atoms with Gasteiger partial charge in [-0.05, 0) is 35.2 Å². The van der Waals surface area contributed by atoms with E-state index in [2.05, 4.69) is 18.7 Å². The molecule has 0 aliphatic carbocycles. The van der Waals surface area contributed by atoms with Crippen LogP contribution in [-0.2, 0) is 24.2 Å². The Bertz CT molecular complexity index is 937. The molecule has 0 unspecified atom stereocenters. The predicted molar refractivity (Wildman–Crippen MR) is 119 cm³/mol. The number of carbonyl (C=O) groups is 1. The minimum Gasteiger partial charge on any atom is -0.489 e. The van der Waals surface area contributed by atoms with Crippen LogP contribution in [0.25, 0.3) is 0 Å². The highest BCUT2D eigenvalue weighted by atomic mass is 16.5. The number of hydrogen-bond acceptors (Lipinski definition) is 3. The monoisotopic (exact) mass is 401 g/mol. The Morgan fingerprint density at radius 3 is 2.03 bits per heavy atom. The number of rotatable bonds is 11. The first kappa shape index (κ1) is 21.2. The number of aliphatic carboxylic acids is 1. The highest BCUT2D eigenvalue weighted by Crippen LogP contribution is 2.18. The smallest absolute Gasteiger partial charge is 0.323 e. The molecule has 0 atom stereocenters. The van der Waals surface area contributed by atoms with Crippen molar-refractivity contribution in [2.45, 2.75) is 19.4 Å². The molecular weight excluding hydrogens is 374 g/mol. The number of benzene rings is 3. The van der Waals surface area contributed by atoms with E-state index in [0.717, 1.165) is 29.0 Å². The minimum absolute atomic E-state index is 0.0516. The molecule has 0 spiro atoms. The fourth-order valence-electron chi connectivity index (χ4n) is 3.21. The fourth-order valence-corrected chi connectivity index (χ4v) is 3.21. The van der Waals surface area contributed by atoms with E-state index in [9.17, 15) is 9.90 Å². The van der Waals surface area contributed by atoms with Crippen molar-refractivity contribution in [3.8, 4) is 5.75 Å². The highest BCUT2D eigenvalue weighted by molar-refractivity contribution is 5.69.